The Morgan fingerprint density at radius 2 is 2.05 bits per heavy atom. The van der Waals surface area contributed by atoms with Crippen molar-refractivity contribution in [2.45, 2.75) is 18.9 Å². The van der Waals surface area contributed by atoms with Gasteiger partial charge >= 0.3 is 6.09 Å². The summed E-state index contributed by atoms with van der Waals surface area (Å²) in [5.41, 5.74) is 5.36. The average Bonchev–Trinajstić information content (AvgIpc) is 2.83. The molecular weight excluding hydrogens is 256 g/mol. The van der Waals surface area contributed by atoms with Crippen LogP contribution in [0.4, 0.5) is 13.6 Å². The van der Waals surface area contributed by atoms with Crippen LogP contribution in [0, 0.1) is 11.6 Å². The fourth-order valence-corrected chi connectivity index (χ4v) is 1.87. The van der Waals surface area contributed by atoms with Crippen molar-refractivity contribution in [3.05, 3.63) is 35.4 Å². The van der Waals surface area contributed by atoms with Crippen LogP contribution in [-0.4, -0.2) is 19.0 Å². The molecule has 1 unspecified atom stereocenters. The van der Waals surface area contributed by atoms with E-state index in [1.165, 1.54) is 19.2 Å². The molecule has 0 aliphatic carbocycles. The predicted molar refractivity (Wildman–Crippen MR) is 64.4 cm³/mol. The maximum Gasteiger partial charge on any atom is 0.425 e. The molecule has 1 amide bonds. The van der Waals surface area contributed by atoms with Gasteiger partial charge in [-0.15, -0.1) is 0 Å². The molecule has 19 heavy (non-hydrogen) atoms. The summed E-state index contributed by atoms with van der Waals surface area (Å²) in [5, 5.41) is 0. The van der Waals surface area contributed by atoms with Gasteiger partial charge in [-0.05, 0) is 24.1 Å². The third-order valence-electron chi connectivity index (χ3n) is 2.73. The number of aliphatic imine (C=N–C) groups is 1. The number of halogens is 2. The lowest BCUT2D eigenvalue weighted by molar-refractivity contribution is 0.168. The predicted octanol–water partition coefficient (Wildman–Crippen LogP) is 2.06. The van der Waals surface area contributed by atoms with Gasteiger partial charge in [-0.2, -0.15) is 0 Å². The SMILES string of the molecule is COC(=O)NNC1=NC(c2cc(F)cc(F)c2)CC1. The topological polar surface area (TPSA) is 62.7 Å². The van der Waals surface area contributed by atoms with Crippen molar-refractivity contribution in [2.75, 3.05) is 7.11 Å². The maximum atomic E-state index is 13.1. The van der Waals surface area contributed by atoms with E-state index < -0.39 is 17.7 Å². The summed E-state index contributed by atoms with van der Waals surface area (Å²) in [6, 6.07) is 3.02. The van der Waals surface area contributed by atoms with Crippen LogP contribution in [0.2, 0.25) is 0 Å². The number of ether oxygens (including phenoxy) is 1. The molecule has 0 saturated heterocycles. The van der Waals surface area contributed by atoms with E-state index in [9.17, 15) is 13.6 Å². The molecule has 1 aliphatic rings. The first kappa shape index (κ1) is 13.3. The molecule has 0 radical (unpaired) electrons. The van der Waals surface area contributed by atoms with E-state index in [2.05, 4.69) is 20.6 Å². The van der Waals surface area contributed by atoms with Gasteiger partial charge in [0.2, 0.25) is 0 Å². The number of carbonyl (C=O) groups excluding carboxylic acids is 1. The van der Waals surface area contributed by atoms with Crippen molar-refractivity contribution in [1.82, 2.24) is 10.9 Å². The Kier molecular flexibility index (Phi) is 3.94. The Hall–Kier alpha value is -2.18. The number of rotatable bonds is 1. The molecule has 0 aromatic heterocycles. The molecule has 1 atom stereocenters. The Bertz CT molecular complexity index is 499. The molecule has 1 aromatic rings. The molecule has 1 aromatic carbocycles. The fourth-order valence-electron chi connectivity index (χ4n) is 1.87. The number of nitrogens with zero attached hydrogens (tertiary/aromatic N) is 1. The normalized spacial score (nSPS) is 17.8. The zero-order chi connectivity index (χ0) is 13.8. The van der Waals surface area contributed by atoms with Crippen LogP contribution in [0.1, 0.15) is 24.4 Å². The van der Waals surface area contributed by atoms with Crippen LogP contribution in [0.5, 0.6) is 0 Å². The second-order valence-electron chi connectivity index (χ2n) is 4.07. The zero-order valence-corrected chi connectivity index (χ0v) is 10.2. The lowest BCUT2D eigenvalue weighted by Gasteiger charge is -2.07. The summed E-state index contributed by atoms with van der Waals surface area (Å²) in [4.78, 5) is 15.1. The summed E-state index contributed by atoms with van der Waals surface area (Å²) < 4.78 is 30.6. The monoisotopic (exact) mass is 269 g/mol. The molecule has 0 bridgehead atoms. The van der Waals surface area contributed by atoms with Gasteiger partial charge in [0.15, 0.2) is 0 Å². The summed E-state index contributed by atoms with van der Waals surface area (Å²) in [6.45, 7) is 0. The molecule has 1 heterocycles. The van der Waals surface area contributed by atoms with Crippen molar-refractivity contribution in [2.24, 2.45) is 4.99 Å². The number of methoxy groups -OCH3 is 1. The van der Waals surface area contributed by atoms with Crippen LogP contribution in [0.25, 0.3) is 0 Å². The van der Waals surface area contributed by atoms with Crippen molar-refractivity contribution in [1.29, 1.82) is 0 Å². The molecule has 2 N–H and O–H groups in total. The first-order chi connectivity index (χ1) is 9.08. The Balaban J connectivity index is 2.03. The zero-order valence-electron chi connectivity index (χ0n) is 10.2. The largest absolute Gasteiger partial charge is 0.452 e. The lowest BCUT2D eigenvalue weighted by Crippen LogP contribution is -2.40. The summed E-state index contributed by atoms with van der Waals surface area (Å²) in [6.07, 6.45) is 0.559. The molecule has 5 nitrogen and oxygen atoms in total. The highest BCUT2D eigenvalue weighted by atomic mass is 19.1. The van der Waals surface area contributed by atoms with Crippen molar-refractivity contribution >= 4 is 11.9 Å². The highest BCUT2D eigenvalue weighted by molar-refractivity contribution is 5.85. The minimum absolute atomic E-state index is 0.313. The Morgan fingerprint density at radius 1 is 1.37 bits per heavy atom. The van der Waals surface area contributed by atoms with Gasteiger partial charge in [0.05, 0.1) is 13.2 Å². The number of hydrogen-bond acceptors (Lipinski definition) is 4. The molecular formula is C12H13F2N3O2. The van der Waals surface area contributed by atoms with Crippen LogP contribution in [0.15, 0.2) is 23.2 Å². The molecule has 7 heteroatoms. The van der Waals surface area contributed by atoms with Gasteiger partial charge < -0.3 is 4.74 Å². The highest BCUT2D eigenvalue weighted by Crippen LogP contribution is 2.29. The minimum Gasteiger partial charge on any atom is -0.452 e. The number of amidine groups is 1. The first-order valence-corrected chi connectivity index (χ1v) is 5.71. The van der Waals surface area contributed by atoms with Crippen LogP contribution < -0.4 is 10.9 Å². The van der Waals surface area contributed by atoms with E-state index in [4.69, 9.17) is 0 Å². The molecule has 1 aliphatic heterocycles. The molecule has 0 fully saturated rings. The summed E-state index contributed by atoms with van der Waals surface area (Å²) >= 11 is 0. The smallest absolute Gasteiger partial charge is 0.425 e. The van der Waals surface area contributed by atoms with E-state index in [0.717, 1.165) is 6.07 Å². The minimum atomic E-state index is -0.636. The van der Waals surface area contributed by atoms with Crippen molar-refractivity contribution in [3.8, 4) is 0 Å². The average molecular weight is 269 g/mol. The van der Waals surface area contributed by atoms with Gasteiger partial charge in [0.1, 0.15) is 17.5 Å². The summed E-state index contributed by atoms with van der Waals surface area (Å²) in [7, 11) is 1.24. The molecule has 0 saturated carbocycles. The summed E-state index contributed by atoms with van der Waals surface area (Å²) in [5.74, 6) is -0.710. The fraction of sp³-hybridized carbons (Fsp3) is 0.333. The van der Waals surface area contributed by atoms with Gasteiger partial charge in [-0.1, -0.05) is 0 Å². The van der Waals surface area contributed by atoms with E-state index >= 15 is 0 Å². The second kappa shape index (κ2) is 5.64. The third kappa shape index (κ3) is 3.40. The molecule has 102 valence electrons. The van der Waals surface area contributed by atoms with E-state index in [1.807, 2.05) is 0 Å². The van der Waals surface area contributed by atoms with Crippen LogP contribution >= 0.6 is 0 Å². The number of nitrogens with one attached hydrogen (secondary N) is 2. The number of carbonyl (C=O) groups is 1. The number of benzene rings is 1. The number of amides is 1. The highest BCUT2D eigenvalue weighted by Gasteiger charge is 2.20. The lowest BCUT2D eigenvalue weighted by atomic mass is 10.0. The van der Waals surface area contributed by atoms with Gasteiger partial charge in [0.25, 0.3) is 0 Å². The van der Waals surface area contributed by atoms with Gasteiger partial charge in [0, 0.05) is 12.5 Å². The molecule has 0 spiro atoms. The maximum absolute atomic E-state index is 13.1. The van der Waals surface area contributed by atoms with E-state index in [1.54, 1.807) is 0 Å². The quantitative estimate of drug-likeness (QED) is 0.767. The first-order valence-electron chi connectivity index (χ1n) is 5.71. The van der Waals surface area contributed by atoms with Gasteiger partial charge in [-0.3, -0.25) is 10.4 Å². The van der Waals surface area contributed by atoms with Gasteiger partial charge in [-0.25, -0.2) is 19.0 Å². The standard InChI is InChI=1S/C12H13F2N3O2/c1-19-12(18)17-16-11-3-2-10(15-11)7-4-8(13)6-9(14)5-7/h4-6,10H,2-3H2,1H3,(H,15,16)(H,17,18). The van der Waals surface area contributed by atoms with Crippen LogP contribution in [0.3, 0.4) is 0 Å². The number of hydrazine groups is 1. The van der Waals surface area contributed by atoms with Crippen molar-refractivity contribution in [3.63, 3.8) is 0 Å². The molecule has 2 rings (SSSR count). The second-order valence-corrected chi connectivity index (χ2v) is 4.07. The van der Waals surface area contributed by atoms with Crippen LogP contribution in [-0.2, 0) is 4.74 Å². The Morgan fingerprint density at radius 3 is 2.68 bits per heavy atom. The van der Waals surface area contributed by atoms with E-state index in [-0.39, 0.29) is 6.04 Å². The van der Waals surface area contributed by atoms with E-state index in [0.29, 0.717) is 24.2 Å². The van der Waals surface area contributed by atoms with Crippen molar-refractivity contribution < 1.29 is 18.3 Å². The Labute approximate surface area is 108 Å². The number of hydrogen-bond donors (Lipinski definition) is 2. The third-order valence-corrected chi connectivity index (χ3v) is 2.73.